The second-order valence-electron chi connectivity index (χ2n) is 7.06. The van der Waals surface area contributed by atoms with E-state index in [0.717, 1.165) is 52.9 Å². The van der Waals surface area contributed by atoms with E-state index in [1.807, 2.05) is 12.1 Å². The van der Waals surface area contributed by atoms with Gasteiger partial charge in [-0.1, -0.05) is 12.1 Å². The Kier molecular flexibility index (Phi) is 7.34. The van der Waals surface area contributed by atoms with Crippen LogP contribution in [0.25, 0.3) is 11.3 Å². The maximum absolute atomic E-state index is 11.5. The molecule has 1 aliphatic rings. The zero-order valence-electron chi connectivity index (χ0n) is 17.2. The summed E-state index contributed by atoms with van der Waals surface area (Å²) in [6.45, 7) is 1.67. The molecule has 0 bridgehead atoms. The van der Waals surface area contributed by atoms with Gasteiger partial charge in [0.15, 0.2) is 0 Å². The van der Waals surface area contributed by atoms with Crippen molar-refractivity contribution < 1.29 is 14.4 Å². The fraction of sp³-hybridized carbons (Fsp3) is 0.261. The Morgan fingerprint density at radius 3 is 2.55 bits per heavy atom. The van der Waals surface area contributed by atoms with Crippen molar-refractivity contribution in [1.29, 1.82) is 5.26 Å². The van der Waals surface area contributed by atoms with Gasteiger partial charge in [0.05, 0.1) is 18.4 Å². The molecule has 31 heavy (non-hydrogen) atoms. The number of anilines is 1. The summed E-state index contributed by atoms with van der Waals surface area (Å²) in [6.07, 6.45) is 2.37. The first-order chi connectivity index (χ1) is 14.7. The molecule has 1 fully saturated rings. The highest BCUT2D eigenvalue weighted by Gasteiger charge is 2.15. The first-order valence-corrected chi connectivity index (χ1v) is 11.2. The van der Waals surface area contributed by atoms with E-state index in [-0.39, 0.29) is 5.48 Å². The Bertz CT molecular complexity index is 1100. The highest BCUT2D eigenvalue weighted by molar-refractivity contribution is 7.85. The van der Waals surface area contributed by atoms with Crippen LogP contribution in [0.5, 0.6) is 5.75 Å². The highest BCUT2D eigenvalue weighted by atomic mass is 32.2. The summed E-state index contributed by atoms with van der Waals surface area (Å²) in [5.41, 5.74) is 4.40. The standard InChI is InChI=1S/C23H22N4O2S.H2O/c1-29-22-7-4-18(15-19(22)16-24)21-8-9-25-23(26-21)14-17-2-5-20(6-3-17)27-10-12-30(28)13-11-27;/h2-9,15H,10-14H2,1H3;1H2. The number of aromatic nitrogens is 2. The van der Waals surface area contributed by atoms with Crippen LogP contribution in [0, 0.1) is 11.3 Å². The lowest BCUT2D eigenvalue weighted by Gasteiger charge is -2.28. The molecule has 2 heterocycles. The molecule has 1 saturated heterocycles. The van der Waals surface area contributed by atoms with Crippen molar-refractivity contribution in [2.75, 3.05) is 36.6 Å². The van der Waals surface area contributed by atoms with Crippen LogP contribution < -0.4 is 9.64 Å². The van der Waals surface area contributed by atoms with E-state index in [2.05, 4.69) is 45.2 Å². The third-order valence-electron chi connectivity index (χ3n) is 5.16. The number of nitrogens with zero attached hydrogens (tertiary/aromatic N) is 4. The number of hydrogen-bond donors (Lipinski definition) is 0. The molecule has 0 aliphatic carbocycles. The van der Waals surface area contributed by atoms with Crippen LogP contribution in [0.2, 0.25) is 0 Å². The van der Waals surface area contributed by atoms with Crippen LogP contribution in [0.4, 0.5) is 5.69 Å². The lowest BCUT2D eigenvalue weighted by atomic mass is 10.1. The highest BCUT2D eigenvalue weighted by Crippen LogP contribution is 2.25. The van der Waals surface area contributed by atoms with Crippen LogP contribution in [-0.4, -0.2) is 51.4 Å². The maximum atomic E-state index is 11.5. The minimum absolute atomic E-state index is 0. The number of methoxy groups -OCH3 is 1. The largest absolute Gasteiger partial charge is 0.495 e. The Labute approximate surface area is 184 Å². The number of ether oxygens (including phenoxy) is 1. The maximum Gasteiger partial charge on any atom is 0.136 e. The molecular weight excluding hydrogens is 412 g/mol. The fourth-order valence-corrected chi connectivity index (χ4v) is 4.56. The predicted molar refractivity (Wildman–Crippen MR) is 122 cm³/mol. The van der Waals surface area contributed by atoms with E-state index in [1.165, 1.54) is 0 Å². The second-order valence-corrected chi connectivity index (χ2v) is 8.76. The fourth-order valence-electron chi connectivity index (χ4n) is 3.50. The van der Waals surface area contributed by atoms with E-state index in [0.29, 0.717) is 17.7 Å². The minimum Gasteiger partial charge on any atom is -0.495 e. The lowest BCUT2D eigenvalue weighted by Crippen LogP contribution is -2.37. The topological polar surface area (TPSA) is 111 Å². The van der Waals surface area contributed by atoms with Crippen molar-refractivity contribution in [3.05, 3.63) is 71.7 Å². The molecule has 8 heteroatoms. The molecule has 1 aliphatic heterocycles. The average molecular weight is 437 g/mol. The van der Waals surface area contributed by atoms with Crippen molar-refractivity contribution in [3.8, 4) is 23.1 Å². The van der Waals surface area contributed by atoms with Gasteiger partial charge < -0.3 is 15.1 Å². The summed E-state index contributed by atoms with van der Waals surface area (Å²) >= 11 is 0. The summed E-state index contributed by atoms with van der Waals surface area (Å²) < 4.78 is 16.8. The van der Waals surface area contributed by atoms with Gasteiger partial charge in [0, 0.05) is 59.3 Å². The second kappa shape index (κ2) is 10.2. The van der Waals surface area contributed by atoms with E-state index < -0.39 is 10.8 Å². The number of benzene rings is 2. The average Bonchev–Trinajstić information content (AvgIpc) is 2.80. The molecule has 3 aromatic rings. The number of rotatable bonds is 5. The van der Waals surface area contributed by atoms with Crippen LogP contribution in [-0.2, 0) is 17.2 Å². The SMILES string of the molecule is COc1ccc(-c2ccnc(Cc3ccc(N4CCS(=O)CC4)cc3)n2)cc1C#N.O. The van der Waals surface area contributed by atoms with E-state index in [4.69, 9.17) is 4.74 Å². The zero-order valence-corrected chi connectivity index (χ0v) is 18.1. The summed E-state index contributed by atoms with van der Waals surface area (Å²) in [6, 6.07) is 17.9. The molecule has 0 amide bonds. The first-order valence-electron chi connectivity index (χ1n) is 9.75. The van der Waals surface area contributed by atoms with Gasteiger partial charge in [0.1, 0.15) is 17.6 Å². The van der Waals surface area contributed by atoms with Crippen LogP contribution >= 0.6 is 0 Å². The lowest BCUT2D eigenvalue weighted by molar-refractivity contribution is 0.413. The molecule has 160 valence electrons. The quantitative estimate of drug-likeness (QED) is 0.607. The van der Waals surface area contributed by atoms with Gasteiger partial charge in [-0.05, 0) is 42.0 Å². The van der Waals surface area contributed by atoms with Crippen LogP contribution in [0.15, 0.2) is 54.7 Å². The molecule has 0 radical (unpaired) electrons. The van der Waals surface area contributed by atoms with E-state index >= 15 is 0 Å². The van der Waals surface area contributed by atoms with E-state index in [9.17, 15) is 9.47 Å². The summed E-state index contributed by atoms with van der Waals surface area (Å²) in [5, 5.41) is 9.32. The van der Waals surface area contributed by atoms with Gasteiger partial charge in [-0.15, -0.1) is 0 Å². The molecule has 2 aromatic carbocycles. The van der Waals surface area contributed by atoms with Crippen LogP contribution in [0.3, 0.4) is 0 Å². The first kappa shape index (κ1) is 22.4. The van der Waals surface area contributed by atoms with Gasteiger partial charge in [0.2, 0.25) is 0 Å². The third kappa shape index (κ3) is 5.26. The molecule has 0 saturated carbocycles. The van der Waals surface area contributed by atoms with Gasteiger partial charge >= 0.3 is 0 Å². The summed E-state index contributed by atoms with van der Waals surface area (Å²) in [4.78, 5) is 11.4. The van der Waals surface area contributed by atoms with Crippen molar-refractivity contribution in [1.82, 2.24) is 9.97 Å². The smallest absolute Gasteiger partial charge is 0.136 e. The molecule has 2 N–H and O–H groups in total. The molecule has 0 unspecified atom stereocenters. The minimum atomic E-state index is -0.671. The Hall–Kier alpha value is -3.28. The molecule has 1 aromatic heterocycles. The Morgan fingerprint density at radius 1 is 1.13 bits per heavy atom. The molecule has 0 atom stereocenters. The third-order valence-corrected chi connectivity index (χ3v) is 6.44. The van der Waals surface area contributed by atoms with Gasteiger partial charge in [-0.3, -0.25) is 4.21 Å². The van der Waals surface area contributed by atoms with Gasteiger partial charge in [-0.2, -0.15) is 5.26 Å². The number of nitriles is 1. The molecule has 4 rings (SSSR count). The van der Waals surface area contributed by atoms with Crippen molar-refractivity contribution >= 4 is 16.5 Å². The normalized spacial score (nSPS) is 13.9. The number of hydrogen-bond acceptors (Lipinski definition) is 6. The summed E-state index contributed by atoms with van der Waals surface area (Å²) in [7, 11) is 0.881. The van der Waals surface area contributed by atoms with Gasteiger partial charge in [-0.25, -0.2) is 9.97 Å². The molecule has 7 nitrogen and oxygen atoms in total. The van der Waals surface area contributed by atoms with Crippen molar-refractivity contribution in [2.24, 2.45) is 0 Å². The zero-order chi connectivity index (χ0) is 20.9. The van der Waals surface area contributed by atoms with Crippen molar-refractivity contribution in [3.63, 3.8) is 0 Å². The molecular formula is C23H24N4O3S. The van der Waals surface area contributed by atoms with E-state index in [1.54, 1.807) is 25.4 Å². The summed E-state index contributed by atoms with van der Waals surface area (Å²) in [5.74, 6) is 2.75. The van der Waals surface area contributed by atoms with Crippen molar-refractivity contribution in [2.45, 2.75) is 6.42 Å². The van der Waals surface area contributed by atoms with Crippen LogP contribution in [0.1, 0.15) is 17.0 Å². The van der Waals surface area contributed by atoms with Gasteiger partial charge in [0.25, 0.3) is 0 Å². The monoisotopic (exact) mass is 436 g/mol. The predicted octanol–water partition coefficient (Wildman–Crippen LogP) is 2.36. The Morgan fingerprint density at radius 2 is 1.87 bits per heavy atom. The molecule has 0 spiro atoms. The Balaban J connectivity index is 0.00000272.